The van der Waals surface area contributed by atoms with Gasteiger partial charge in [0.05, 0.1) is 16.0 Å². The van der Waals surface area contributed by atoms with E-state index in [1.54, 1.807) is 24.3 Å². The van der Waals surface area contributed by atoms with Crippen LogP contribution in [-0.4, -0.2) is 39.2 Å². The molecular weight excluding hydrogens is 330 g/mol. The van der Waals surface area contributed by atoms with Crippen LogP contribution in [0.3, 0.4) is 0 Å². The third-order valence-electron chi connectivity index (χ3n) is 3.36. The van der Waals surface area contributed by atoms with Gasteiger partial charge >= 0.3 is 11.9 Å². The number of benzene rings is 1. The molecule has 0 aromatic heterocycles. The number of halogens is 1. The van der Waals surface area contributed by atoms with Crippen molar-refractivity contribution in [2.45, 2.75) is 22.8 Å². The lowest BCUT2D eigenvalue weighted by Gasteiger charge is -2.26. The predicted molar refractivity (Wildman–Crippen MR) is 78.1 cm³/mol. The lowest BCUT2D eigenvalue weighted by atomic mass is 10.3. The number of ether oxygens (including phenoxy) is 1. The summed E-state index contributed by atoms with van der Waals surface area (Å²) in [6.07, 6.45) is 1.61. The highest BCUT2D eigenvalue weighted by atomic mass is 35.5. The first-order chi connectivity index (χ1) is 10.5. The van der Waals surface area contributed by atoms with Gasteiger partial charge in [0.15, 0.2) is 0 Å². The first-order valence-corrected chi connectivity index (χ1v) is 8.17. The molecule has 2 aliphatic rings. The third kappa shape index (κ3) is 3.06. The van der Waals surface area contributed by atoms with E-state index in [9.17, 15) is 13.8 Å². The normalized spacial score (nSPS) is 28.0. The molecule has 0 spiro atoms. The van der Waals surface area contributed by atoms with Crippen molar-refractivity contribution in [3.63, 3.8) is 0 Å². The van der Waals surface area contributed by atoms with Crippen molar-refractivity contribution in [2.24, 2.45) is 0 Å². The van der Waals surface area contributed by atoms with Gasteiger partial charge in [0.2, 0.25) is 6.23 Å². The van der Waals surface area contributed by atoms with Crippen LogP contribution >= 0.6 is 11.6 Å². The van der Waals surface area contributed by atoms with Crippen molar-refractivity contribution in [3.8, 4) is 0 Å². The van der Waals surface area contributed by atoms with Crippen LogP contribution in [0.2, 0.25) is 5.02 Å². The van der Waals surface area contributed by atoms with E-state index in [4.69, 9.17) is 21.2 Å². The number of hydrogen-bond donors (Lipinski definition) is 0. The molecule has 3 rings (SSSR count). The lowest BCUT2D eigenvalue weighted by Crippen LogP contribution is -2.42. The average molecular weight is 342 g/mol. The number of fused-ring (bicyclic) bond motifs is 1. The number of carbonyl (C=O) groups is 2. The molecule has 8 heteroatoms. The van der Waals surface area contributed by atoms with Crippen LogP contribution in [0.1, 0.15) is 6.42 Å². The van der Waals surface area contributed by atoms with Gasteiger partial charge in [-0.15, -0.1) is 0 Å². The van der Waals surface area contributed by atoms with Gasteiger partial charge in [-0.25, -0.2) is 9.59 Å². The largest absolute Gasteiger partial charge is 0.439 e. The summed E-state index contributed by atoms with van der Waals surface area (Å²) in [6, 6.07) is 6.62. The molecule has 0 bridgehead atoms. The van der Waals surface area contributed by atoms with Crippen LogP contribution in [0, 0.1) is 0 Å². The van der Waals surface area contributed by atoms with Crippen LogP contribution in [0.25, 0.3) is 0 Å². The van der Waals surface area contributed by atoms with Gasteiger partial charge in [0, 0.05) is 28.6 Å². The number of hydroxylamine groups is 2. The highest BCUT2D eigenvalue weighted by Crippen LogP contribution is 2.29. The number of esters is 1. The zero-order chi connectivity index (χ0) is 15.7. The minimum Gasteiger partial charge on any atom is -0.439 e. The van der Waals surface area contributed by atoms with E-state index in [0.29, 0.717) is 22.9 Å². The molecule has 0 amide bonds. The first kappa shape index (κ1) is 15.2. The molecule has 0 N–H and O–H groups in total. The van der Waals surface area contributed by atoms with E-state index < -0.39 is 34.2 Å². The maximum atomic E-state index is 12.7. The number of hydrogen-bond acceptors (Lipinski definition) is 6. The van der Waals surface area contributed by atoms with Crippen LogP contribution in [0.4, 0.5) is 0 Å². The Morgan fingerprint density at radius 3 is 2.55 bits per heavy atom. The topological polar surface area (TPSA) is 72.9 Å². The molecule has 0 radical (unpaired) electrons. The van der Waals surface area contributed by atoms with Crippen LogP contribution in [0.5, 0.6) is 0 Å². The van der Waals surface area contributed by atoms with Crippen LogP contribution < -0.4 is 0 Å². The Hall–Kier alpha value is -1.70. The fourth-order valence-corrected chi connectivity index (χ4v) is 3.94. The second-order valence-electron chi connectivity index (χ2n) is 4.79. The second kappa shape index (κ2) is 6.20. The Labute approximate surface area is 134 Å². The molecule has 2 heterocycles. The highest BCUT2D eigenvalue weighted by molar-refractivity contribution is 7.85. The average Bonchev–Trinajstić information content (AvgIpc) is 2.86. The van der Waals surface area contributed by atoms with Gasteiger partial charge in [-0.2, -0.15) is 0 Å². The SMILES string of the molecule is O=C1/C=C\C(=O)ON2CCC(S(=O)c3ccc(Cl)cc3)C2O1. The summed E-state index contributed by atoms with van der Waals surface area (Å²) in [4.78, 5) is 28.7. The van der Waals surface area contributed by atoms with Crippen molar-refractivity contribution in [1.29, 1.82) is 0 Å². The Morgan fingerprint density at radius 2 is 1.82 bits per heavy atom. The van der Waals surface area contributed by atoms with Crippen molar-refractivity contribution in [2.75, 3.05) is 6.54 Å². The van der Waals surface area contributed by atoms with Gasteiger partial charge in [0.1, 0.15) is 0 Å². The van der Waals surface area contributed by atoms with E-state index in [1.807, 2.05) is 0 Å². The van der Waals surface area contributed by atoms with Crippen molar-refractivity contribution in [1.82, 2.24) is 5.06 Å². The van der Waals surface area contributed by atoms with Gasteiger partial charge in [-0.3, -0.25) is 4.21 Å². The summed E-state index contributed by atoms with van der Waals surface area (Å²) >= 11 is 5.82. The number of rotatable bonds is 2. The Bertz CT molecular complexity index is 660. The molecule has 3 unspecified atom stereocenters. The quantitative estimate of drug-likeness (QED) is 0.757. The summed E-state index contributed by atoms with van der Waals surface area (Å²) < 4.78 is 17.9. The van der Waals surface area contributed by atoms with Crippen molar-refractivity contribution >= 4 is 34.3 Å². The minimum absolute atomic E-state index is 0.349. The van der Waals surface area contributed by atoms with Crippen LogP contribution in [-0.2, 0) is 30.0 Å². The standard InChI is InChI=1S/C14H12ClNO5S/c15-9-1-3-10(4-2-9)22(19)11-7-8-16-14(11)20-12(17)5-6-13(18)21-16/h1-6,11,14H,7-8H2/b6-5-. The lowest BCUT2D eigenvalue weighted by molar-refractivity contribution is -0.224. The third-order valence-corrected chi connectivity index (χ3v) is 5.36. The zero-order valence-electron chi connectivity index (χ0n) is 11.3. The molecule has 1 saturated heterocycles. The maximum Gasteiger partial charge on any atom is 0.350 e. The van der Waals surface area contributed by atoms with E-state index >= 15 is 0 Å². The summed E-state index contributed by atoms with van der Waals surface area (Å²) in [5.74, 6) is -1.31. The van der Waals surface area contributed by atoms with Gasteiger partial charge in [-0.1, -0.05) is 16.7 Å². The summed E-state index contributed by atoms with van der Waals surface area (Å²) in [5, 5.41) is 1.33. The van der Waals surface area contributed by atoms with E-state index in [2.05, 4.69) is 0 Å². The zero-order valence-corrected chi connectivity index (χ0v) is 12.9. The fourth-order valence-electron chi connectivity index (χ4n) is 2.34. The molecule has 116 valence electrons. The van der Waals surface area contributed by atoms with Gasteiger partial charge < -0.3 is 9.57 Å². The molecule has 2 aliphatic heterocycles. The second-order valence-corrected chi connectivity index (χ2v) is 6.90. The molecular formula is C14H12ClNO5S. The molecule has 1 fully saturated rings. The van der Waals surface area contributed by atoms with Crippen LogP contribution in [0.15, 0.2) is 41.3 Å². The van der Waals surface area contributed by atoms with E-state index in [1.165, 1.54) is 5.06 Å². The minimum atomic E-state index is -1.42. The molecule has 0 aliphatic carbocycles. The van der Waals surface area contributed by atoms with E-state index in [-0.39, 0.29) is 0 Å². The monoisotopic (exact) mass is 341 g/mol. The Balaban J connectivity index is 1.84. The molecule has 6 nitrogen and oxygen atoms in total. The van der Waals surface area contributed by atoms with Gasteiger partial charge in [-0.05, 0) is 30.7 Å². The Kier molecular flexibility index (Phi) is 4.28. The molecule has 22 heavy (non-hydrogen) atoms. The highest BCUT2D eigenvalue weighted by Gasteiger charge is 2.43. The summed E-state index contributed by atoms with van der Waals surface area (Å²) in [7, 11) is -1.42. The summed E-state index contributed by atoms with van der Waals surface area (Å²) in [5.41, 5.74) is 0. The summed E-state index contributed by atoms with van der Waals surface area (Å²) in [6.45, 7) is 0.349. The fraction of sp³-hybridized carbons (Fsp3) is 0.286. The molecule has 1 aromatic carbocycles. The number of nitrogens with zero attached hydrogens (tertiary/aromatic N) is 1. The molecule has 1 aromatic rings. The molecule has 0 saturated carbocycles. The van der Waals surface area contributed by atoms with Crippen molar-refractivity contribution < 1.29 is 23.4 Å². The van der Waals surface area contributed by atoms with E-state index in [0.717, 1.165) is 12.2 Å². The van der Waals surface area contributed by atoms with Crippen molar-refractivity contribution in [3.05, 3.63) is 41.4 Å². The first-order valence-electron chi connectivity index (χ1n) is 6.58. The maximum absolute atomic E-state index is 12.7. The molecule has 3 atom stereocenters. The predicted octanol–water partition coefficient (Wildman–Crippen LogP) is 1.42. The Morgan fingerprint density at radius 1 is 1.14 bits per heavy atom. The smallest absolute Gasteiger partial charge is 0.350 e. The number of carbonyl (C=O) groups excluding carboxylic acids is 2. The van der Waals surface area contributed by atoms with Gasteiger partial charge in [0.25, 0.3) is 0 Å².